The van der Waals surface area contributed by atoms with Gasteiger partial charge >= 0.3 is 0 Å². The molecule has 1 N–H and O–H groups in total. The lowest BCUT2D eigenvalue weighted by Gasteiger charge is -2.07. The summed E-state index contributed by atoms with van der Waals surface area (Å²) in [5.74, 6) is -1.96. The first-order chi connectivity index (χ1) is 21.1. The number of hydrogen-bond acceptors (Lipinski definition) is 6. The first-order valence-electron chi connectivity index (χ1n) is 13.1. The van der Waals surface area contributed by atoms with Gasteiger partial charge in [-0.1, -0.05) is 72.8 Å². The minimum absolute atomic E-state index is 0.0320. The van der Waals surface area contributed by atoms with Gasteiger partial charge in [0.25, 0.3) is 31.7 Å². The maximum atomic E-state index is 13.4. The highest BCUT2D eigenvalue weighted by atomic mass is 79.9. The van der Waals surface area contributed by atoms with Crippen molar-refractivity contribution in [2.45, 2.75) is 9.79 Å². The van der Waals surface area contributed by atoms with Crippen LogP contribution < -0.4 is 5.32 Å². The standard InChI is InChI=1S/C32H22BrN3O6S2/c33-28(26-20-35(29-17-9-7-15-24(26)29)43(39,40)22-11-3-1-4-12-22)19-34-32(38)31(37)27-21-36(30-18-10-8-16-25(27)30)44(41,42)23-13-5-2-6-14-23/h1-21H,(H,34,38)/b28-19-. The van der Waals surface area contributed by atoms with Gasteiger partial charge in [0.2, 0.25) is 0 Å². The molecule has 0 aliphatic carbocycles. The molecule has 0 saturated heterocycles. The van der Waals surface area contributed by atoms with Crippen LogP contribution in [0.5, 0.6) is 0 Å². The molecule has 6 aromatic rings. The van der Waals surface area contributed by atoms with Crippen LogP contribution in [0.15, 0.2) is 138 Å². The number of para-hydroxylation sites is 2. The molecule has 220 valence electrons. The number of ketones is 1. The Kier molecular flexibility index (Phi) is 7.58. The second-order valence-corrected chi connectivity index (χ2v) is 14.1. The Hall–Kier alpha value is -4.78. The maximum absolute atomic E-state index is 13.4. The molecule has 0 saturated carbocycles. The summed E-state index contributed by atoms with van der Waals surface area (Å²) in [6, 6.07) is 29.1. The number of benzene rings is 4. The molecule has 0 atom stereocenters. The number of aromatic nitrogens is 2. The Bertz CT molecular complexity index is 2330. The number of fused-ring (bicyclic) bond motifs is 2. The Morgan fingerprint density at radius 3 is 1.50 bits per heavy atom. The highest BCUT2D eigenvalue weighted by Crippen LogP contribution is 2.33. The van der Waals surface area contributed by atoms with Gasteiger partial charge in [0, 0.05) is 39.4 Å². The van der Waals surface area contributed by atoms with E-state index in [2.05, 4.69) is 21.2 Å². The molecule has 6 rings (SSSR count). The summed E-state index contributed by atoms with van der Waals surface area (Å²) in [5.41, 5.74) is 1.04. The van der Waals surface area contributed by atoms with Crippen molar-refractivity contribution >= 4 is 74.0 Å². The zero-order valence-corrected chi connectivity index (χ0v) is 25.9. The molecule has 0 bridgehead atoms. The van der Waals surface area contributed by atoms with Gasteiger partial charge in [0.1, 0.15) is 0 Å². The van der Waals surface area contributed by atoms with Gasteiger partial charge in [-0.3, -0.25) is 9.59 Å². The molecule has 2 heterocycles. The number of Topliss-reactive ketones (excluding diaryl/α,β-unsaturated/α-hetero) is 1. The summed E-state index contributed by atoms with van der Waals surface area (Å²) in [5, 5.41) is 3.34. The third-order valence-corrected chi connectivity index (χ3v) is 11.0. The van der Waals surface area contributed by atoms with Crippen molar-refractivity contribution in [3.05, 3.63) is 139 Å². The zero-order valence-electron chi connectivity index (χ0n) is 22.7. The fraction of sp³-hybridized carbons (Fsp3) is 0. The first kappa shape index (κ1) is 29.3. The summed E-state index contributed by atoms with van der Waals surface area (Å²) in [7, 11) is -7.99. The maximum Gasteiger partial charge on any atom is 0.296 e. The lowest BCUT2D eigenvalue weighted by Crippen LogP contribution is -2.27. The number of nitrogens with one attached hydrogen (secondary N) is 1. The molecule has 0 unspecified atom stereocenters. The van der Waals surface area contributed by atoms with Crippen molar-refractivity contribution in [3.8, 4) is 0 Å². The summed E-state index contributed by atoms with van der Waals surface area (Å²) >= 11 is 3.42. The molecule has 0 radical (unpaired) electrons. The lowest BCUT2D eigenvalue weighted by atomic mass is 10.1. The summed E-state index contributed by atoms with van der Waals surface area (Å²) in [6.07, 6.45) is 3.83. The molecule has 2 aromatic heterocycles. The van der Waals surface area contributed by atoms with Crippen LogP contribution in [0, 0.1) is 0 Å². The normalized spacial score (nSPS) is 12.4. The Morgan fingerprint density at radius 2 is 1.00 bits per heavy atom. The van der Waals surface area contributed by atoms with Gasteiger partial charge in [-0.05, 0) is 52.3 Å². The predicted octanol–water partition coefficient (Wildman–Crippen LogP) is 5.76. The minimum atomic E-state index is -4.05. The van der Waals surface area contributed by atoms with Gasteiger partial charge in [-0.15, -0.1) is 0 Å². The average molecular weight is 689 g/mol. The fourth-order valence-electron chi connectivity index (χ4n) is 4.88. The van der Waals surface area contributed by atoms with Crippen LogP contribution >= 0.6 is 15.9 Å². The van der Waals surface area contributed by atoms with E-state index >= 15 is 0 Å². The molecule has 0 aliphatic heterocycles. The van der Waals surface area contributed by atoms with E-state index in [1.807, 2.05) is 0 Å². The monoisotopic (exact) mass is 687 g/mol. The number of nitrogens with zero attached hydrogens (tertiary/aromatic N) is 2. The van der Waals surface area contributed by atoms with E-state index in [-0.39, 0.29) is 20.9 Å². The van der Waals surface area contributed by atoms with Gasteiger partial charge in [0.15, 0.2) is 0 Å². The highest BCUT2D eigenvalue weighted by molar-refractivity contribution is 9.15. The van der Waals surface area contributed by atoms with Gasteiger partial charge in [0.05, 0.1) is 26.4 Å². The van der Waals surface area contributed by atoms with E-state index in [9.17, 15) is 26.4 Å². The van der Waals surface area contributed by atoms with E-state index in [1.54, 1.807) is 84.9 Å². The zero-order chi connectivity index (χ0) is 31.1. The largest absolute Gasteiger partial charge is 0.325 e. The number of carbonyl (C=O) groups is 2. The molecular weight excluding hydrogens is 666 g/mol. The van der Waals surface area contributed by atoms with E-state index in [4.69, 9.17) is 0 Å². The molecule has 4 aromatic carbocycles. The van der Waals surface area contributed by atoms with Crippen LogP contribution in [0.3, 0.4) is 0 Å². The van der Waals surface area contributed by atoms with Crippen LogP contribution in [0.1, 0.15) is 15.9 Å². The highest BCUT2D eigenvalue weighted by Gasteiger charge is 2.27. The predicted molar refractivity (Wildman–Crippen MR) is 171 cm³/mol. The third kappa shape index (κ3) is 5.06. The van der Waals surface area contributed by atoms with Crippen LogP contribution in [-0.4, -0.2) is 36.5 Å². The van der Waals surface area contributed by atoms with Crippen LogP contribution in [-0.2, 0) is 24.8 Å². The minimum Gasteiger partial charge on any atom is -0.325 e. The van der Waals surface area contributed by atoms with Crippen LogP contribution in [0.4, 0.5) is 0 Å². The molecule has 9 nitrogen and oxygen atoms in total. The second kappa shape index (κ2) is 11.4. The SMILES string of the molecule is O=C(N/C=C(\Br)c1cn(S(=O)(=O)c2ccccc2)c2ccccc12)C(=O)c1cn(S(=O)(=O)c2ccccc2)c2ccccc12. The Morgan fingerprint density at radius 1 is 0.591 bits per heavy atom. The summed E-state index contributed by atoms with van der Waals surface area (Å²) in [6.45, 7) is 0. The topological polar surface area (TPSA) is 124 Å². The number of halogens is 1. The molecule has 0 fully saturated rings. The Balaban J connectivity index is 1.33. The van der Waals surface area contributed by atoms with E-state index < -0.39 is 31.7 Å². The van der Waals surface area contributed by atoms with Crippen molar-refractivity contribution in [3.63, 3.8) is 0 Å². The van der Waals surface area contributed by atoms with Gasteiger partial charge < -0.3 is 5.32 Å². The lowest BCUT2D eigenvalue weighted by molar-refractivity contribution is -0.116. The fourth-order valence-corrected chi connectivity index (χ4v) is 8.09. The van der Waals surface area contributed by atoms with E-state index in [0.29, 0.717) is 26.3 Å². The van der Waals surface area contributed by atoms with Gasteiger partial charge in [-0.25, -0.2) is 24.8 Å². The molecule has 0 spiro atoms. The molecular formula is C32H22BrN3O6S2. The van der Waals surface area contributed by atoms with Crippen molar-refractivity contribution in [2.24, 2.45) is 0 Å². The molecule has 12 heteroatoms. The van der Waals surface area contributed by atoms with Crippen molar-refractivity contribution < 1.29 is 26.4 Å². The quantitative estimate of drug-likeness (QED) is 0.160. The first-order valence-corrected chi connectivity index (χ1v) is 16.8. The number of rotatable bonds is 8. The number of hydrogen-bond donors (Lipinski definition) is 1. The summed E-state index contributed by atoms with van der Waals surface area (Å²) < 4.78 is 56.1. The van der Waals surface area contributed by atoms with Crippen LogP contribution in [0.25, 0.3) is 26.3 Å². The molecule has 0 aliphatic rings. The van der Waals surface area contributed by atoms with E-state index in [1.165, 1.54) is 36.7 Å². The van der Waals surface area contributed by atoms with E-state index in [0.717, 1.165) is 14.1 Å². The molecule has 44 heavy (non-hydrogen) atoms. The molecule has 1 amide bonds. The van der Waals surface area contributed by atoms with Gasteiger partial charge in [-0.2, -0.15) is 0 Å². The van der Waals surface area contributed by atoms with Crippen molar-refractivity contribution in [1.82, 2.24) is 13.3 Å². The second-order valence-electron chi connectivity index (χ2n) is 9.64. The van der Waals surface area contributed by atoms with Crippen molar-refractivity contribution in [1.29, 1.82) is 0 Å². The van der Waals surface area contributed by atoms with Crippen LogP contribution in [0.2, 0.25) is 0 Å². The smallest absolute Gasteiger partial charge is 0.296 e. The van der Waals surface area contributed by atoms with Crippen molar-refractivity contribution in [2.75, 3.05) is 0 Å². The number of amides is 1. The summed E-state index contributed by atoms with van der Waals surface area (Å²) in [4.78, 5) is 26.6. The third-order valence-electron chi connectivity index (χ3n) is 6.99. The number of carbonyl (C=O) groups excluding carboxylic acids is 2. The Labute approximate surface area is 261 Å². The average Bonchev–Trinajstić information content (AvgIpc) is 3.64.